The predicted octanol–water partition coefficient (Wildman–Crippen LogP) is 2.47. The molecule has 0 fully saturated rings. The van der Waals surface area contributed by atoms with Crippen LogP contribution in [0.25, 0.3) is 10.9 Å². The van der Waals surface area contributed by atoms with Crippen molar-refractivity contribution in [1.29, 1.82) is 0 Å². The molecule has 1 aliphatic rings. The van der Waals surface area contributed by atoms with E-state index in [4.69, 9.17) is 4.74 Å². The molecule has 1 aliphatic heterocycles. The van der Waals surface area contributed by atoms with Crippen molar-refractivity contribution in [3.63, 3.8) is 0 Å². The summed E-state index contributed by atoms with van der Waals surface area (Å²) in [6, 6.07) is 11.7. The van der Waals surface area contributed by atoms with E-state index in [1.807, 2.05) is 24.3 Å². The van der Waals surface area contributed by atoms with Crippen molar-refractivity contribution in [2.24, 2.45) is 4.99 Å². The van der Waals surface area contributed by atoms with Gasteiger partial charge in [-0.05, 0) is 24.3 Å². The standard InChI is InChI=1S/C21H19FN4O3/c1-29-9-8-23-21(28)12-6-7-13(15(22)10-12)18-20-19(26-17(27)11-24-18)14-4-2-3-5-16(14)25-20/h2-7,10,25H,8-9,11H2,1H3,(H,23,28)(H,26,27). The average molecular weight is 394 g/mol. The molecule has 2 heterocycles. The second-order valence-electron chi connectivity index (χ2n) is 6.58. The molecule has 3 N–H and O–H groups in total. The van der Waals surface area contributed by atoms with Crippen molar-refractivity contribution in [1.82, 2.24) is 10.3 Å². The molecule has 0 radical (unpaired) electrons. The van der Waals surface area contributed by atoms with Crippen LogP contribution in [-0.2, 0) is 9.53 Å². The third-order valence-electron chi connectivity index (χ3n) is 4.67. The number of H-pyrrole nitrogens is 1. The third kappa shape index (κ3) is 3.62. The molecule has 3 aromatic rings. The van der Waals surface area contributed by atoms with Gasteiger partial charge in [-0.3, -0.25) is 14.6 Å². The number of ether oxygens (including phenoxy) is 1. The van der Waals surface area contributed by atoms with E-state index in [2.05, 4.69) is 20.6 Å². The van der Waals surface area contributed by atoms with E-state index < -0.39 is 11.7 Å². The zero-order valence-corrected chi connectivity index (χ0v) is 15.7. The highest BCUT2D eigenvalue weighted by molar-refractivity contribution is 6.22. The molecule has 8 heteroatoms. The molecule has 29 heavy (non-hydrogen) atoms. The molecule has 2 aromatic carbocycles. The average Bonchev–Trinajstić information content (AvgIpc) is 2.99. The van der Waals surface area contributed by atoms with Crippen LogP contribution in [0.4, 0.5) is 10.1 Å². The molecule has 2 amide bonds. The van der Waals surface area contributed by atoms with Gasteiger partial charge in [0.15, 0.2) is 0 Å². The second kappa shape index (κ2) is 7.84. The van der Waals surface area contributed by atoms with Crippen LogP contribution in [0.5, 0.6) is 0 Å². The maximum atomic E-state index is 15.0. The number of anilines is 1. The Kier molecular flexibility index (Phi) is 5.09. The number of hydrogen-bond acceptors (Lipinski definition) is 4. The number of aromatic amines is 1. The van der Waals surface area contributed by atoms with E-state index in [0.29, 0.717) is 30.2 Å². The monoisotopic (exact) mass is 394 g/mol. The van der Waals surface area contributed by atoms with Crippen molar-refractivity contribution in [3.05, 3.63) is 65.1 Å². The highest BCUT2D eigenvalue weighted by Gasteiger charge is 2.24. The van der Waals surface area contributed by atoms with Gasteiger partial charge in [0.2, 0.25) is 5.91 Å². The fourth-order valence-electron chi connectivity index (χ4n) is 3.30. The molecule has 1 aromatic heterocycles. The maximum Gasteiger partial charge on any atom is 0.251 e. The molecule has 0 saturated carbocycles. The Bertz CT molecular complexity index is 1140. The number of benzene rings is 2. The molecule has 4 rings (SSSR count). The molecular formula is C21H19FN4O3. The van der Waals surface area contributed by atoms with Crippen molar-refractivity contribution < 1.29 is 18.7 Å². The fourth-order valence-corrected chi connectivity index (χ4v) is 3.30. The smallest absolute Gasteiger partial charge is 0.251 e. The zero-order chi connectivity index (χ0) is 20.4. The number of nitrogens with one attached hydrogen (secondary N) is 3. The first-order chi connectivity index (χ1) is 14.1. The summed E-state index contributed by atoms with van der Waals surface area (Å²) in [7, 11) is 1.53. The second-order valence-corrected chi connectivity index (χ2v) is 6.58. The summed E-state index contributed by atoms with van der Waals surface area (Å²) < 4.78 is 19.8. The Morgan fingerprint density at radius 1 is 1.28 bits per heavy atom. The highest BCUT2D eigenvalue weighted by atomic mass is 19.1. The summed E-state index contributed by atoms with van der Waals surface area (Å²) >= 11 is 0. The Balaban J connectivity index is 1.73. The molecule has 0 spiro atoms. The van der Waals surface area contributed by atoms with Gasteiger partial charge in [-0.2, -0.15) is 0 Å². The number of aliphatic imine (C=N–C) groups is 1. The summed E-state index contributed by atoms with van der Waals surface area (Å²) in [6.07, 6.45) is 0. The number of carbonyl (C=O) groups is 2. The van der Waals surface area contributed by atoms with Crippen molar-refractivity contribution in [3.8, 4) is 0 Å². The molecule has 7 nitrogen and oxygen atoms in total. The van der Waals surface area contributed by atoms with Crippen LogP contribution >= 0.6 is 0 Å². The molecule has 0 bridgehead atoms. The number of para-hydroxylation sites is 1. The quantitative estimate of drug-likeness (QED) is 0.580. The van der Waals surface area contributed by atoms with Crippen molar-refractivity contribution in [2.75, 3.05) is 32.1 Å². The van der Waals surface area contributed by atoms with E-state index in [0.717, 1.165) is 10.9 Å². The number of fused-ring (bicyclic) bond motifs is 3. The lowest BCUT2D eigenvalue weighted by Gasteiger charge is -2.09. The topological polar surface area (TPSA) is 95.6 Å². The molecular weight excluding hydrogens is 375 g/mol. The summed E-state index contributed by atoms with van der Waals surface area (Å²) in [6.45, 7) is 0.579. The number of aromatic nitrogens is 1. The fraction of sp³-hybridized carbons (Fsp3) is 0.190. The minimum absolute atomic E-state index is 0.120. The number of nitrogens with zero attached hydrogens (tertiary/aromatic N) is 1. The minimum Gasteiger partial charge on any atom is -0.383 e. The van der Waals surface area contributed by atoms with Crippen LogP contribution in [0.1, 0.15) is 21.6 Å². The number of carbonyl (C=O) groups excluding carboxylic acids is 2. The summed E-state index contributed by atoms with van der Waals surface area (Å²) in [5.74, 6) is -1.26. The van der Waals surface area contributed by atoms with Gasteiger partial charge in [0, 0.05) is 35.7 Å². The SMILES string of the molecule is COCCNC(=O)c1ccc(C2=NCC(=O)Nc3c2[nH]c2ccccc32)c(F)c1. The van der Waals surface area contributed by atoms with Gasteiger partial charge < -0.3 is 20.4 Å². The first-order valence-corrected chi connectivity index (χ1v) is 9.11. The Hall–Kier alpha value is -3.52. The van der Waals surface area contributed by atoms with Crippen LogP contribution < -0.4 is 10.6 Å². The lowest BCUT2D eigenvalue weighted by molar-refractivity contribution is -0.114. The Morgan fingerprint density at radius 2 is 2.10 bits per heavy atom. The van der Waals surface area contributed by atoms with E-state index in [-0.39, 0.29) is 23.6 Å². The minimum atomic E-state index is -0.595. The van der Waals surface area contributed by atoms with Gasteiger partial charge in [0.25, 0.3) is 5.91 Å². The zero-order valence-electron chi connectivity index (χ0n) is 15.7. The Morgan fingerprint density at radius 3 is 2.90 bits per heavy atom. The molecule has 0 unspecified atom stereocenters. The number of halogens is 1. The van der Waals surface area contributed by atoms with Crippen LogP contribution in [0.2, 0.25) is 0 Å². The Labute approximate surface area is 166 Å². The van der Waals surface area contributed by atoms with E-state index in [1.165, 1.54) is 25.3 Å². The molecule has 148 valence electrons. The van der Waals surface area contributed by atoms with Crippen molar-refractivity contribution in [2.45, 2.75) is 0 Å². The summed E-state index contributed by atoms with van der Waals surface area (Å²) in [4.78, 5) is 31.8. The van der Waals surface area contributed by atoms with Crippen LogP contribution in [0.3, 0.4) is 0 Å². The van der Waals surface area contributed by atoms with Crippen LogP contribution in [-0.4, -0.2) is 49.3 Å². The molecule has 0 aliphatic carbocycles. The van der Waals surface area contributed by atoms with Crippen molar-refractivity contribution >= 4 is 34.1 Å². The van der Waals surface area contributed by atoms with Gasteiger partial charge in [0.05, 0.1) is 23.7 Å². The summed E-state index contributed by atoms with van der Waals surface area (Å²) in [5, 5.41) is 6.31. The predicted molar refractivity (Wildman–Crippen MR) is 108 cm³/mol. The largest absolute Gasteiger partial charge is 0.383 e. The van der Waals surface area contributed by atoms with Crippen LogP contribution in [0.15, 0.2) is 47.5 Å². The van der Waals surface area contributed by atoms with E-state index >= 15 is 0 Å². The lowest BCUT2D eigenvalue weighted by Crippen LogP contribution is -2.27. The molecule has 0 atom stereocenters. The number of methoxy groups -OCH3 is 1. The van der Waals surface area contributed by atoms with E-state index in [9.17, 15) is 14.0 Å². The summed E-state index contributed by atoms with van der Waals surface area (Å²) in [5.41, 5.74) is 2.65. The third-order valence-corrected chi connectivity index (χ3v) is 4.67. The van der Waals surface area contributed by atoms with Gasteiger partial charge >= 0.3 is 0 Å². The van der Waals surface area contributed by atoms with Gasteiger partial charge in [-0.1, -0.05) is 18.2 Å². The van der Waals surface area contributed by atoms with Gasteiger partial charge in [0.1, 0.15) is 12.4 Å². The first-order valence-electron chi connectivity index (χ1n) is 9.11. The normalized spacial score (nSPS) is 13.4. The number of rotatable bonds is 5. The number of hydrogen-bond donors (Lipinski definition) is 3. The van der Waals surface area contributed by atoms with Gasteiger partial charge in [-0.25, -0.2) is 4.39 Å². The first kappa shape index (κ1) is 18.8. The molecule has 0 saturated heterocycles. The maximum absolute atomic E-state index is 15.0. The lowest BCUT2D eigenvalue weighted by atomic mass is 10.0. The van der Waals surface area contributed by atoms with Crippen LogP contribution in [0, 0.1) is 5.82 Å². The van der Waals surface area contributed by atoms with E-state index in [1.54, 1.807) is 0 Å². The number of amides is 2. The van der Waals surface area contributed by atoms with Gasteiger partial charge in [-0.15, -0.1) is 0 Å². The highest BCUT2D eigenvalue weighted by Crippen LogP contribution is 2.31.